The number of nitriles is 1. The van der Waals surface area contributed by atoms with Crippen LogP contribution in [0, 0.1) is 17.2 Å². The molecule has 4 heteroatoms. The first-order valence-electron chi connectivity index (χ1n) is 6.25. The summed E-state index contributed by atoms with van der Waals surface area (Å²) in [7, 11) is 1.63. The summed E-state index contributed by atoms with van der Waals surface area (Å²) in [6.45, 7) is 5.18. The van der Waals surface area contributed by atoms with Crippen molar-refractivity contribution in [1.82, 2.24) is 9.78 Å². The third-order valence-electron chi connectivity index (χ3n) is 2.83. The highest BCUT2D eigenvalue weighted by atomic mass is 16.5. The van der Waals surface area contributed by atoms with Gasteiger partial charge in [0.1, 0.15) is 5.75 Å². The van der Waals surface area contributed by atoms with E-state index in [9.17, 15) is 0 Å². The van der Waals surface area contributed by atoms with Gasteiger partial charge in [-0.15, -0.1) is 0 Å². The summed E-state index contributed by atoms with van der Waals surface area (Å²) < 4.78 is 7.26. The normalized spacial score (nSPS) is 10.5. The molecule has 0 saturated heterocycles. The van der Waals surface area contributed by atoms with Crippen molar-refractivity contribution in [2.75, 3.05) is 7.11 Å². The number of rotatable bonds is 4. The van der Waals surface area contributed by atoms with Gasteiger partial charge in [0.25, 0.3) is 0 Å². The molecule has 2 rings (SSSR count). The van der Waals surface area contributed by atoms with Crippen LogP contribution >= 0.6 is 0 Å². The molecular weight excluding hydrogens is 238 g/mol. The van der Waals surface area contributed by atoms with E-state index in [2.05, 4.69) is 25.0 Å². The molecule has 0 aliphatic carbocycles. The van der Waals surface area contributed by atoms with Crippen LogP contribution in [0.4, 0.5) is 0 Å². The van der Waals surface area contributed by atoms with E-state index < -0.39 is 0 Å². The zero-order valence-electron chi connectivity index (χ0n) is 11.4. The summed E-state index contributed by atoms with van der Waals surface area (Å²) in [5.41, 5.74) is 2.48. The fraction of sp³-hybridized carbons (Fsp3) is 0.333. The van der Waals surface area contributed by atoms with Crippen LogP contribution < -0.4 is 4.74 Å². The van der Waals surface area contributed by atoms with Crippen LogP contribution in [0.5, 0.6) is 5.75 Å². The van der Waals surface area contributed by atoms with Gasteiger partial charge in [0.05, 0.1) is 24.9 Å². The van der Waals surface area contributed by atoms with Crippen LogP contribution in [0.2, 0.25) is 0 Å². The Morgan fingerprint density at radius 2 is 2.21 bits per heavy atom. The second-order valence-corrected chi connectivity index (χ2v) is 4.87. The van der Waals surface area contributed by atoms with Crippen molar-refractivity contribution in [3.63, 3.8) is 0 Å². The van der Waals surface area contributed by atoms with Crippen molar-refractivity contribution >= 4 is 0 Å². The van der Waals surface area contributed by atoms with E-state index in [1.807, 2.05) is 23.0 Å². The number of hydrogen-bond donors (Lipinski definition) is 0. The predicted octanol–water partition coefficient (Wildman–Crippen LogP) is 3.09. The first kappa shape index (κ1) is 13.2. The molecule has 0 bridgehead atoms. The minimum Gasteiger partial charge on any atom is -0.496 e. The highest BCUT2D eigenvalue weighted by Gasteiger charge is 2.10. The molecule has 0 radical (unpaired) electrons. The number of methoxy groups -OCH3 is 1. The summed E-state index contributed by atoms with van der Waals surface area (Å²) in [5.74, 6) is 1.29. The van der Waals surface area contributed by atoms with E-state index in [4.69, 9.17) is 10.00 Å². The first-order valence-corrected chi connectivity index (χ1v) is 6.25. The lowest BCUT2D eigenvalue weighted by atomic mass is 10.1. The summed E-state index contributed by atoms with van der Waals surface area (Å²) in [6, 6.07) is 7.54. The highest BCUT2D eigenvalue weighted by Crippen LogP contribution is 2.30. The van der Waals surface area contributed by atoms with Gasteiger partial charge in [-0.25, -0.2) is 0 Å². The van der Waals surface area contributed by atoms with Gasteiger partial charge in [-0.05, 0) is 24.1 Å². The smallest absolute Gasteiger partial charge is 0.126 e. The van der Waals surface area contributed by atoms with Crippen molar-refractivity contribution in [3.05, 3.63) is 36.2 Å². The fourth-order valence-corrected chi connectivity index (χ4v) is 1.98. The lowest BCUT2D eigenvalue weighted by Crippen LogP contribution is -2.04. The van der Waals surface area contributed by atoms with Crippen LogP contribution in [-0.2, 0) is 6.54 Å². The molecule has 4 nitrogen and oxygen atoms in total. The Bertz CT molecular complexity index is 608. The van der Waals surface area contributed by atoms with Gasteiger partial charge in [-0.3, -0.25) is 4.68 Å². The summed E-state index contributed by atoms with van der Waals surface area (Å²) >= 11 is 0. The van der Waals surface area contributed by atoms with Gasteiger partial charge >= 0.3 is 0 Å². The third kappa shape index (κ3) is 2.94. The lowest BCUT2D eigenvalue weighted by molar-refractivity contribution is 0.416. The summed E-state index contributed by atoms with van der Waals surface area (Å²) in [4.78, 5) is 0. The molecule has 1 aromatic heterocycles. The minimum absolute atomic E-state index is 0.542. The standard InChI is InChI=1S/C15H17N3O/c1-11(2)9-18-10-13(8-17-18)14-6-12(7-16)4-5-15(14)19-3/h4-6,8,10-11H,9H2,1-3H3. The van der Waals surface area contributed by atoms with Crippen LogP contribution in [0.3, 0.4) is 0 Å². The second kappa shape index (κ2) is 5.57. The molecule has 0 N–H and O–H groups in total. The molecule has 1 aromatic carbocycles. The zero-order valence-corrected chi connectivity index (χ0v) is 11.4. The number of ether oxygens (including phenoxy) is 1. The van der Waals surface area contributed by atoms with Crippen molar-refractivity contribution in [2.24, 2.45) is 5.92 Å². The Morgan fingerprint density at radius 3 is 2.84 bits per heavy atom. The van der Waals surface area contributed by atoms with E-state index in [-0.39, 0.29) is 0 Å². The Morgan fingerprint density at radius 1 is 1.42 bits per heavy atom. The van der Waals surface area contributed by atoms with Gasteiger partial charge in [-0.2, -0.15) is 10.4 Å². The predicted molar refractivity (Wildman–Crippen MR) is 73.8 cm³/mol. The van der Waals surface area contributed by atoms with Gasteiger partial charge in [-0.1, -0.05) is 13.8 Å². The van der Waals surface area contributed by atoms with E-state index in [1.54, 1.807) is 19.4 Å². The van der Waals surface area contributed by atoms with Gasteiger partial charge in [0.15, 0.2) is 0 Å². The molecule has 0 aliphatic heterocycles. The van der Waals surface area contributed by atoms with Crippen LogP contribution in [0.25, 0.3) is 11.1 Å². The summed E-state index contributed by atoms with van der Waals surface area (Å²) in [5, 5.41) is 13.3. The van der Waals surface area contributed by atoms with E-state index in [1.165, 1.54) is 0 Å². The topological polar surface area (TPSA) is 50.8 Å². The van der Waals surface area contributed by atoms with E-state index in [0.717, 1.165) is 23.4 Å². The van der Waals surface area contributed by atoms with Crippen molar-refractivity contribution < 1.29 is 4.74 Å². The molecule has 0 aliphatic rings. The van der Waals surface area contributed by atoms with Crippen LogP contribution in [-0.4, -0.2) is 16.9 Å². The minimum atomic E-state index is 0.542. The molecular formula is C15H17N3O. The molecule has 0 spiro atoms. The number of nitrogens with zero attached hydrogens (tertiary/aromatic N) is 3. The Labute approximate surface area is 113 Å². The molecule has 0 atom stereocenters. The molecule has 0 saturated carbocycles. The summed E-state index contributed by atoms with van der Waals surface area (Å²) in [6.07, 6.45) is 3.79. The molecule has 2 aromatic rings. The molecule has 1 heterocycles. The average Bonchev–Trinajstić information content (AvgIpc) is 2.85. The Kier molecular flexibility index (Phi) is 3.86. The quantitative estimate of drug-likeness (QED) is 0.843. The number of benzene rings is 1. The largest absolute Gasteiger partial charge is 0.496 e. The third-order valence-corrected chi connectivity index (χ3v) is 2.83. The average molecular weight is 255 g/mol. The maximum absolute atomic E-state index is 8.99. The van der Waals surface area contributed by atoms with Crippen molar-refractivity contribution in [3.8, 4) is 22.9 Å². The molecule has 98 valence electrons. The van der Waals surface area contributed by atoms with E-state index in [0.29, 0.717) is 11.5 Å². The maximum atomic E-state index is 8.99. The molecule has 0 fully saturated rings. The second-order valence-electron chi connectivity index (χ2n) is 4.87. The van der Waals surface area contributed by atoms with Crippen molar-refractivity contribution in [1.29, 1.82) is 5.26 Å². The van der Waals surface area contributed by atoms with Gasteiger partial charge in [0.2, 0.25) is 0 Å². The van der Waals surface area contributed by atoms with E-state index >= 15 is 0 Å². The maximum Gasteiger partial charge on any atom is 0.126 e. The lowest BCUT2D eigenvalue weighted by Gasteiger charge is -2.07. The zero-order chi connectivity index (χ0) is 13.8. The van der Waals surface area contributed by atoms with Gasteiger partial charge in [0, 0.05) is 23.9 Å². The molecule has 0 amide bonds. The van der Waals surface area contributed by atoms with Crippen LogP contribution in [0.15, 0.2) is 30.6 Å². The highest BCUT2D eigenvalue weighted by molar-refractivity contribution is 5.71. The number of aromatic nitrogens is 2. The van der Waals surface area contributed by atoms with Crippen LogP contribution in [0.1, 0.15) is 19.4 Å². The van der Waals surface area contributed by atoms with Crippen molar-refractivity contribution in [2.45, 2.75) is 20.4 Å². The van der Waals surface area contributed by atoms with Gasteiger partial charge < -0.3 is 4.74 Å². The SMILES string of the molecule is COc1ccc(C#N)cc1-c1cnn(CC(C)C)c1. The number of hydrogen-bond acceptors (Lipinski definition) is 3. The Balaban J connectivity index is 2.40. The fourth-order valence-electron chi connectivity index (χ4n) is 1.98. The first-order chi connectivity index (χ1) is 9.13. The molecule has 19 heavy (non-hydrogen) atoms. The molecule has 0 unspecified atom stereocenters. The Hall–Kier alpha value is -2.28. The monoisotopic (exact) mass is 255 g/mol.